The Kier molecular flexibility index (Phi) is 5.96. The van der Waals surface area contributed by atoms with Crippen molar-refractivity contribution < 1.29 is 9.53 Å². The normalized spacial score (nSPS) is 14.7. The first-order valence-electron chi connectivity index (χ1n) is 8.10. The summed E-state index contributed by atoms with van der Waals surface area (Å²) in [5.74, 6) is 1.16. The van der Waals surface area contributed by atoms with E-state index in [1.807, 2.05) is 6.07 Å². The molecule has 8 heteroatoms. The topological polar surface area (TPSA) is 58.6 Å². The molecule has 2 heterocycles. The first kappa shape index (κ1) is 18.5. The highest BCUT2D eigenvalue weighted by Gasteiger charge is 2.21. The minimum absolute atomic E-state index is 0.0579. The first-order valence-corrected chi connectivity index (χ1v) is 8.86. The van der Waals surface area contributed by atoms with E-state index in [4.69, 9.17) is 27.9 Å². The van der Waals surface area contributed by atoms with Crippen LogP contribution in [0.15, 0.2) is 36.7 Å². The number of carbonyl (C=O) groups excluding carboxylic acids is 1. The summed E-state index contributed by atoms with van der Waals surface area (Å²) in [7, 11) is 1.56. The number of nitrogens with zero attached hydrogens (tertiary/aromatic N) is 4. The minimum Gasteiger partial charge on any atom is -0.480 e. The number of halogens is 2. The lowest BCUT2D eigenvalue weighted by Crippen LogP contribution is -2.48. The Morgan fingerprint density at radius 3 is 2.69 bits per heavy atom. The Morgan fingerprint density at radius 1 is 1.19 bits per heavy atom. The third-order valence-corrected chi connectivity index (χ3v) is 4.94. The van der Waals surface area contributed by atoms with Crippen molar-refractivity contribution in [2.75, 3.05) is 38.2 Å². The zero-order valence-corrected chi connectivity index (χ0v) is 15.7. The van der Waals surface area contributed by atoms with E-state index in [9.17, 15) is 4.79 Å². The van der Waals surface area contributed by atoms with Crippen LogP contribution in [0.25, 0.3) is 6.08 Å². The molecule has 0 bridgehead atoms. The molecule has 2 aromatic rings. The predicted molar refractivity (Wildman–Crippen MR) is 103 cm³/mol. The molecule has 1 aromatic heterocycles. The molecule has 0 spiro atoms. The summed E-state index contributed by atoms with van der Waals surface area (Å²) >= 11 is 12.1. The van der Waals surface area contributed by atoms with E-state index in [1.54, 1.807) is 42.6 Å². The summed E-state index contributed by atoms with van der Waals surface area (Å²) < 4.78 is 5.10. The van der Waals surface area contributed by atoms with Crippen molar-refractivity contribution in [1.82, 2.24) is 14.9 Å². The first-order chi connectivity index (χ1) is 12.6. The van der Waals surface area contributed by atoms with Gasteiger partial charge < -0.3 is 14.5 Å². The van der Waals surface area contributed by atoms with E-state index in [1.165, 1.54) is 6.08 Å². The monoisotopic (exact) mass is 392 g/mol. The van der Waals surface area contributed by atoms with Crippen molar-refractivity contribution in [1.29, 1.82) is 0 Å². The number of aromatic nitrogens is 2. The van der Waals surface area contributed by atoms with Gasteiger partial charge >= 0.3 is 0 Å². The quantitative estimate of drug-likeness (QED) is 0.747. The van der Waals surface area contributed by atoms with Gasteiger partial charge in [0.2, 0.25) is 11.8 Å². The van der Waals surface area contributed by atoms with Crippen LogP contribution in [-0.2, 0) is 4.79 Å². The summed E-state index contributed by atoms with van der Waals surface area (Å²) in [4.78, 5) is 24.8. The van der Waals surface area contributed by atoms with Crippen LogP contribution in [0.1, 0.15) is 5.56 Å². The summed E-state index contributed by atoms with van der Waals surface area (Å²) in [6, 6.07) is 5.33. The number of hydrogen-bond acceptors (Lipinski definition) is 5. The lowest BCUT2D eigenvalue weighted by molar-refractivity contribution is -0.126. The molecule has 1 saturated heterocycles. The summed E-state index contributed by atoms with van der Waals surface area (Å²) in [6.45, 7) is 2.56. The molecule has 26 heavy (non-hydrogen) atoms. The molecule has 0 saturated carbocycles. The second-order valence-corrected chi connectivity index (χ2v) is 6.49. The summed E-state index contributed by atoms with van der Waals surface area (Å²) in [5, 5.41) is 0.911. The Bertz CT molecular complexity index is 821. The molecule has 1 fully saturated rings. The molecule has 1 aromatic carbocycles. The van der Waals surface area contributed by atoms with Crippen molar-refractivity contribution in [2.24, 2.45) is 0 Å². The van der Waals surface area contributed by atoms with Crippen molar-refractivity contribution in [3.8, 4) is 5.88 Å². The van der Waals surface area contributed by atoms with Gasteiger partial charge in [-0.25, -0.2) is 0 Å². The lowest BCUT2D eigenvalue weighted by atomic mass is 10.2. The van der Waals surface area contributed by atoms with E-state index in [0.29, 0.717) is 42.1 Å². The van der Waals surface area contributed by atoms with Crippen LogP contribution in [0.3, 0.4) is 0 Å². The number of carbonyl (C=O) groups is 1. The number of piperazine rings is 1. The van der Waals surface area contributed by atoms with Gasteiger partial charge in [-0.2, -0.15) is 4.98 Å². The number of ether oxygens (including phenoxy) is 1. The van der Waals surface area contributed by atoms with Crippen LogP contribution in [0.2, 0.25) is 10.0 Å². The van der Waals surface area contributed by atoms with Gasteiger partial charge in [0.05, 0.1) is 29.5 Å². The maximum Gasteiger partial charge on any atom is 0.246 e. The van der Waals surface area contributed by atoms with Gasteiger partial charge in [-0.1, -0.05) is 35.3 Å². The molecule has 136 valence electrons. The van der Waals surface area contributed by atoms with Gasteiger partial charge in [-0.3, -0.25) is 9.78 Å². The molecule has 0 N–H and O–H groups in total. The maximum absolute atomic E-state index is 12.4. The molecule has 1 aliphatic heterocycles. The fourth-order valence-electron chi connectivity index (χ4n) is 2.66. The molecule has 3 rings (SSSR count). The smallest absolute Gasteiger partial charge is 0.246 e. The Labute approximate surface area is 162 Å². The van der Waals surface area contributed by atoms with Crippen LogP contribution in [0.5, 0.6) is 5.88 Å². The largest absolute Gasteiger partial charge is 0.480 e. The molecule has 0 atom stereocenters. The predicted octanol–water partition coefficient (Wildman–Crippen LogP) is 3.15. The van der Waals surface area contributed by atoms with Crippen LogP contribution >= 0.6 is 23.2 Å². The average Bonchev–Trinajstić information content (AvgIpc) is 2.69. The third-order valence-electron chi connectivity index (χ3n) is 4.11. The highest BCUT2D eigenvalue weighted by atomic mass is 35.5. The number of amides is 1. The van der Waals surface area contributed by atoms with Gasteiger partial charge in [0.1, 0.15) is 0 Å². The molecule has 0 radical (unpaired) electrons. The molecule has 0 aliphatic carbocycles. The van der Waals surface area contributed by atoms with Gasteiger partial charge in [0.25, 0.3) is 0 Å². The zero-order valence-electron chi connectivity index (χ0n) is 14.2. The van der Waals surface area contributed by atoms with Crippen molar-refractivity contribution in [3.63, 3.8) is 0 Å². The zero-order chi connectivity index (χ0) is 18.5. The second-order valence-electron chi connectivity index (χ2n) is 5.71. The average molecular weight is 393 g/mol. The van der Waals surface area contributed by atoms with Crippen molar-refractivity contribution in [3.05, 3.63) is 52.3 Å². The molecule has 0 unspecified atom stereocenters. The van der Waals surface area contributed by atoms with E-state index >= 15 is 0 Å². The Balaban J connectivity index is 1.59. The van der Waals surface area contributed by atoms with Crippen LogP contribution in [0, 0.1) is 0 Å². The van der Waals surface area contributed by atoms with Gasteiger partial charge in [0, 0.05) is 32.3 Å². The molecule has 6 nitrogen and oxygen atoms in total. The van der Waals surface area contributed by atoms with Gasteiger partial charge in [-0.15, -0.1) is 0 Å². The lowest BCUT2D eigenvalue weighted by Gasteiger charge is -2.34. The van der Waals surface area contributed by atoms with Gasteiger partial charge in [0.15, 0.2) is 5.82 Å². The number of methoxy groups -OCH3 is 1. The van der Waals surface area contributed by atoms with Crippen LogP contribution in [-0.4, -0.2) is 54.1 Å². The molecule has 1 amide bonds. The Morgan fingerprint density at radius 2 is 1.96 bits per heavy atom. The summed E-state index contributed by atoms with van der Waals surface area (Å²) in [6.07, 6.45) is 6.48. The van der Waals surface area contributed by atoms with E-state index < -0.39 is 0 Å². The standard InChI is InChI=1S/C18H18Cl2N4O2/c1-26-16-12-21-11-15(22-16)23-7-9-24(10-8-23)17(25)6-5-13-3-2-4-14(19)18(13)20/h2-6,11-12H,7-10H2,1H3/b6-5+. The van der Waals surface area contributed by atoms with E-state index in [0.717, 1.165) is 11.4 Å². The number of rotatable bonds is 4. The maximum atomic E-state index is 12.4. The number of benzene rings is 1. The van der Waals surface area contributed by atoms with E-state index in [-0.39, 0.29) is 5.91 Å². The minimum atomic E-state index is -0.0579. The van der Waals surface area contributed by atoms with Crippen LogP contribution < -0.4 is 9.64 Å². The Hall–Kier alpha value is -2.31. The van der Waals surface area contributed by atoms with Gasteiger partial charge in [-0.05, 0) is 17.7 Å². The van der Waals surface area contributed by atoms with Crippen molar-refractivity contribution >= 4 is 41.0 Å². The third kappa shape index (κ3) is 4.26. The SMILES string of the molecule is COc1cncc(N2CCN(C(=O)/C=C/c3cccc(Cl)c3Cl)CC2)n1. The van der Waals surface area contributed by atoms with E-state index in [2.05, 4.69) is 14.9 Å². The number of anilines is 1. The highest BCUT2D eigenvalue weighted by Crippen LogP contribution is 2.26. The fraction of sp³-hybridized carbons (Fsp3) is 0.278. The summed E-state index contributed by atoms with van der Waals surface area (Å²) in [5.41, 5.74) is 0.720. The molecule has 1 aliphatic rings. The second kappa shape index (κ2) is 8.38. The number of hydrogen-bond donors (Lipinski definition) is 0. The highest BCUT2D eigenvalue weighted by molar-refractivity contribution is 6.42. The fourth-order valence-corrected chi connectivity index (χ4v) is 3.03. The van der Waals surface area contributed by atoms with Crippen LogP contribution in [0.4, 0.5) is 5.82 Å². The van der Waals surface area contributed by atoms with Crippen molar-refractivity contribution in [2.45, 2.75) is 0 Å². The molecular weight excluding hydrogens is 375 g/mol. The molecular formula is C18H18Cl2N4O2.